The lowest BCUT2D eigenvalue weighted by atomic mass is 9.94. The van der Waals surface area contributed by atoms with Crippen LogP contribution >= 0.6 is 0 Å². The Morgan fingerprint density at radius 2 is 1.57 bits per heavy atom. The summed E-state index contributed by atoms with van der Waals surface area (Å²) in [7, 11) is 0. The quantitative estimate of drug-likeness (QED) is 0.798. The molecule has 2 aromatic rings. The van der Waals surface area contributed by atoms with Gasteiger partial charge in [0.05, 0.1) is 12.3 Å². The van der Waals surface area contributed by atoms with Crippen molar-refractivity contribution in [3.63, 3.8) is 0 Å². The van der Waals surface area contributed by atoms with E-state index in [4.69, 9.17) is 0 Å². The molecule has 1 heterocycles. The van der Waals surface area contributed by atoms with E-state index in [9.17, 15) is 9.59 Å². The number of benzene rings is 2. The minimum Gasteiger partial charge on any atom is -0.298 e. The van der Waals surface area contributed by atoms with Gasteiger partial charge in [-0.1, -0.05) is 60.7 Å². The first-order valence-electron chi connectivity index (χ1n) is 7.62. The maximum absolute atomic E-state index is 12.5. The van der Waals surface area contributed by atoms with E-state index in [1.807, 2.05) is 60.7 Å². The molecule has 0 radical (unpaired) electrons. The second kappa shape index (κ2) is 6.57. The SMILES string of the molecule is CC1=NN(Cc2ccccc2)C(=O)C1C(=O)Cc1ccccc1. The molecule has 0 aliphatic carbocycles. The standard InChI is InChI=1S/C19H18N2O2/c1-14-18(17(22)12-15-8-4-2-5-9-15)19(23)21(20-14)13-16-10-6-3-7-11-16/h2-11,18H,12-13H2,1H3. The summed E-state index contributed by atoms with van der Waals surface area (Å²) < 4.78 is 0. The Bertz CT molecular complexity index is 738. The van der Waals surface area contributed by atoms with Crippen molar-refractivity contribution >= 4 is 17.4 Å². The van der Waals surface area contributed by atoms with Crippen LogP contribution in [0.4, 0.5) is 0 Å². The predicted molar refractivity (Wildman–Crippen MR) is 88.7 cm³/mol. The highest BCUT2D eigenvalue weighted by Gasteiger charge is 2.38. The van der Waals surface area contributed by atoms with Gasteiger partial charge in [0.25, 0.3) is 5.91 Å². The molecule has 1 atom stereocenters. The largest absolute Gasteiger partial charge is 0.298 e. The maximum Gasteiger partial charge on any atom is 0.259 e. The molecular weight excluding hydrogens is 288 g/mol. The van der Waals surface area contributed by atoms with Crippen molar-refractivity contribution in [3.8, 4) is 0 Å². The topological polar surface area (TPSA) is 49.7 Å². The van der Waals surface area contributed by atoms with Crippen LogP contribution in [-0.4, -0.2) is 22.4 Å². The third-order valence-corrected chi connectivity index (χ3v) is 3.92. The predicted octanol–water partition coefficient (Wildman–Crippen LogP) is 2.83. The molecule has 3 rings (SSSR count). The normalized spacial score (nSPS) is 17.3. The highest BCUT2D eigenvalue weighted by atomic mass is 16.2. The monoisotopic (exact) mass is 306 g/mol. The van der Waals surface area contributed by atoms with Crippen molar-refractivity contribution in [3.05, 3.63) is 71.8 Å². The first kappa shape index (κ1) is 15.2. The van der Waals surface area contributed by atoms with Gasteiger partial charge in [0, 0.05) is 6.42 Å². The number of hydrazone groups is 1. The fourth-order valence-corrected chi connectivity index (χ4v) is 2.76. The zero-order valence-electron chi connectivity index (χ0n) is 13.0. The maximum atomic E-state index is 12.5. The van der Waals surface area contributed by atoms with Crippen molar-refractivity contribution < 1.29 is 9.59 Å². The van der Waals surface area contributed by atoms with E-state index in [1.54, 1.807) is 6.92 Å². The van der Waals surface area contributed by atoms with E-state index in [0.717, 1.165) is 11.1 Å². The summed E-state index contributed by atoms with van der Waals surface area (Å²) in [5, 5.41) is 5.69. The van der Waals surface area contributed by atoms with Crippen molar-refractivity contribution in [1.82, 2.24) is 5.01 Å². The third kappa shape index (κ3) is 3.37. The Hall–Kier alpha value is -2.75. The molecule has 1 aliphatic heterocycles. The van der Waals surface area contributed by atoms with E-state index in [-0.39, 0.29) is 18.1 Å². The fourth-order valence-electron chi connectivity index (χ4n) is 2.76. The summed E-state index contributed by atoms with van der Waals surface area (Å²) in [6.07, 6.45) is 0.253. The molecule has 1 unspecified atom stereocenters. The Kier molecular flexibility index (Phi) is 4.33. The molecule has 4 nitrogen and oxygen atoms in total. The first-order valence-corrected chi connectivity index (χ1v) is 7.62. The van der Waals surface area contributed by atoms with Crippen LogP contribution < -0.4 is 0 Å². The minimum atomic E-state index is -0.751. The Morgan fingerprint density at radius 1 is 1.00 bits per heavy atom. The fraction of sp³-hybridized carbons (Fsp3) is 0.211. The van der Waals surface area contributed by atoms with Crippen LogP contribution in [0.15, 0.2) is 65.8 Å². The Balaban J connectivity index is 1.71. The van der Waals surface area contributed by atoms with Gasteiger partial charge in [-0.05, 0) is 18.1 Å². The molecule has 0 spiro atoms. The summed E-state index contributed by atoms with van der Waals surface area (Å²) in [5.41, 5.74) is 2.49. The lowest BCUT2D eigenvalue weighted by Gasteiger charge is -2.14. The minimum absolute atomic E-state index is 0.0991. The second-order valence-electron chi connectivity index (χ2n) is 5.68. The van der Waals surface area contributed by atoms with Gasteiger partial charge in [-0.25, -0.2) is 5.01 Å². The summed E-state index contributed by atoms with van der Waals surface area (Å²) in [6, 6.07) is 19.1. The number of rotatable bonds is 5. The molecule has 0 bridgehead atoms. The van der Waals surface area contributed by atoms with Crippen LogP contribution in [0.2, 0.25) is 0 Å². The van der Waals surface area contributed by atoms with Crippen LogP contribution in [0.3, 0.4) is 0 Å². The van der Waals surface area contributed by atoms with E-state index >= 15 is 0 Å². The molecule has 0 aromatic heterocycles. The average molecular weight is 306 g/mol. The van der Waals surface area contributed by atoms with Crippen molar-refractivity contribution in [1.29, 1.82) is 0 Å². The van der Waals surface area contributed by atoms with Gasteiger partial charge in [-0.15, -0.1) is 0 Å². The highest BCUT2D eigenvalue weighted by molar-refractivity contribution is 6.22. The van der Waals surface area contributed by atoms with E-state index in [1.165, 1.54) is 5.01 Å². The Labute approximate surface area is 135 Å². The van der Waals surface area contributed by atoms with Crippen LogP contribution in [-0.2, 0) is 22.6 Å². The van der Waals surface area contributed by atoms with Crippen molar-refractivity contribution in [2.75, 3.05) is 0 Å². The van der Waals surface area contributed by atoms with Crippen molar-refractivity contribution in [2.45, 2.75) is 19.9 Å². The van der Waals surface area contributed by atoms with E-state index < -0.39 is 5.92 Å². The average Bonchev–Trinajstić information content (AvgIpc) is 2.83. The van der Waals surface area contributed by atoms with Gasteiger partial charge in [0.15, 0.2) is 5.78 Å². The summed E-state index contributed by atoms with van der Waals surface area (Å²) in [5.74, 6) is -1.08. The van der Waals surface area contributed by atoms with E-state index in [2.05, 4.69) is 5.10 Å². The number of carbonyl (C=O) groups excluding carboxylic acids is 2. The van der Waals surface area contributed by atoms with Crippen molar-refractivity contribution in [2.24, 2.45) is 11.0 Å². The summed E-state index contributed by atoms with van der Waals surface area (Å²) in [4.78, 5) is 25.0. The molecule has 116 valence electrons. The van der Waals surface area contributed by atoms with Gasteiger partial charge in [-0.2, -0.15) is 5.10 Å². The molecule has 0 saturated heterocycles. The lowest BCUT2D eigenvalue weighted by molar-refractivity contribution is -0.137. The van der Waals surface area contributed by atoms with Gasteiger partial charge in [-0.3, -0.25) is 9.59 Å². The highest BCUT2D eigenvalue weighted by Crippen LogP contribution is 2.21. The first-order chi connectivity index (χ1) is 11.1. The molecule has 1 aliphatic rings. The molecule has 0 saturated carbocycles. The molecule has 0 fully saturated rings. The van der Waals surface area contributed by atoms with Gasteiger partial charge >= 0.3 is 0 Å². The summed E-state index contributed by atoms with van der Waals surface area (Å²) in [6.45, 7) is 2.14. The number of carbonyl (C=O) groups is 2. The number of ketones is 1. The smallest absolute Gasteiger partial charge is 0.259 e. The molecule has 1 amide bonds. The zero-order valence-corrected chi connectivity index (χ0v) is 13.0. The second-order valence-corrected chi connectivity index (χ2v) is 5.68. The Morgan fingerprint density at radius 3 is 2.17 bits per heavy atom. The number of amides is 1. The zero-order chi connectivity index (χ0) is 16.2. The van der Waals surface area contributed by atoms with Gasteiger partial charge < -0.3 is 0 Å². The van der Waals surface area contributed by atoms with Crippen LogP contribution in [0, 0.1) is 5.92 Å². The van der Waals surface area contributed by atoms with Gasteiger partial charge in [0.2, 0.25) is 0 Å². The molecule has 0 N–H and O–H groups in total. The van der Waals surface area contributed by atoms with E-state index in [0.29, 0.717) is 12.3 Å². The van der Waals surface area contributed by atoms with Crippen LogP contribution in [0.5, 0.6) is 0 Å². The lowest BCUT2D eigenvalue weighted by Crippen LogP contribution is -2.33. The number of hydrogen-bond acceptors (Lipinski definition) is 3. The van der Waals surface area contributed by atoms with Gasteiger partial charge in [0.1, 0.15) is 5.92 Å². The number of nitrogens with zero attached hydrogens (tertiary/aromatic N) is 2. The number of hydrogen-bond donors (Lipinski definition) is 0. The number of Topliss-reactive ketones (excluding diaryl/α,β-unsaturated/α-hetero) is 1. The molecule has 2 aromatic carbocycles. The third-order valence-electron chi connectivity index (χ3n) is 3.92. The summed E-state index contributed by atoms with van der Waals surface area (Å²) >= 11 is 0. The molecular formula is C19H18N2O2. The van der Waals surface area contributed by atoms with Crippen LogP contribution in [0.25, 0.3) is 0 Å². The van der Waals surface area contributed by atoms with Crippen LogP contribution in [0.1, 0.15) is 18.1 Å². The molecule has 4 heteroatoms. The molecule has 23 heavy (non-hydrogen) atoms.